The van der Waals surface area contributed by atoms with Gasteiger partial charge in [-0.05, 0) is 77.0 Å². The summed E-state index contributed by atoms with van der Waals surface area (Å²) in [5.74, 6) is -0.124. The van der Waals surface area contributed by atoms with Crippen molar-refractivity contribution in [1.82, 2.24) is 5.32 Å². The molecular formula is C53H97NO5. The van der Waals surface area contributed by atoms with Crippen LogP contribution in [0.1, 0.15) is 251 Å². The van der Waals surface area contributed by atoms with Crippen LogP contribution in [0.3, 0.4) is 0 Å². The molecule has 59 heavy (non-hydrogen) atoms. The summed E-state index contributed by atoms with van der Waals surface area (Å²) in [5.41, 5.74) is 0. The first-order chi connectivity index (χ1) is 29.0. The van der Waals surface area contributed by atoms with E-state index in [1.165, 1.54) is 173 Å². The Morgan fingerprint density at radius 1 is 0.475 bits per heavy atom. The van der Waals surface area contributed by atoms with Gasteiger partial charge in [0, 0.05) is 12.8 Å². The van der Waals surface area contributed by atoms with Gasteiger partial charge in [0.25, 0.3) is 0 Å². The molecule has 0 rings (SSSR count). The summed E-state index contributed by atoms with van der Waals surface area (Å²) in [6, 6.07) is -0.630. The van der Waals surface area contributed by atoms with Crippen LogP contribution in [-0.4, -0.2) is 47.4 Å². The maximum atomic E-state index is 12.4. The Morgan fingerprint density at radius 3 is 1.34 bits per heavy atom. The van der Waals surface area contributed by atoms with Crippen molar-refractivity contribution in [2.24, 2.45) is 0 Å². The van der Waals surface area contributed by atoms with Gasteiger partial charge in [0.1, 0.15) is 0 Å². The average Bonchev–Trinajstić information content (AvgIpc) is 3.24. The number of allylic oxidation sites excluding steroid dienone is 6. The number of carbonyl (C=O) groups is 2. The quantitative estimate of drug-likeness (QED) is 0.0323. The van der Waals surface area contributed by atoms with Crippen molar-refractivity contribution >= 4 is 11.9 Å². The normalized spacial score (nSPS) is 13.1. The predicted octanol–water partition coefficient (Wildman–Crippen LogP) is 15.1. The Hall–Kier alpha value is -2.18. The Morgan fingerprint density at radius 2 is 0.847 bits per heavy atom. The highest BCUT2D eigenvalue weighted by Crippen LogP contribution is 2.15. The average molecular weight is 828 g/mol. The van der Waals surface area contributed by atoms with Gasteiger partial charge in [0.05, 0.1) is 25.4 Å². The lowest BCUT2D eigenvalue weighted by Crippen LogP contribution is -2.45. The molecule has 0 heterocycles. The minimum absolute atomic E-state index is 0.0472. The maximum Gasteiger partial charge on any atom is 0.305 e. The minimum Gasteiger partial charge on any atom is -0.465 e. The first kappa shape index (κ1) is 56.8. The van der Waals surface area contributed by atoms with Gasteiger partial charge in [0.2, 0.25) is 5.91 Å². The Kier molecular flexibility index (Phi) is 46.7. The largest absolute Gasteiger partial charge is 0.465 e. The number of rotatable bonds is 46. The first-order valence-electron chi connectivity index (χ1n) is 25.4. The topological polar surface area (TPSA) is 95.9 Å². The summed E-state index contributed by atoms with van der Waals surface area (Å²) in [7, 11) is 0. The third-order valence-corrected chi connectivity index (χ3v) is 11.3. The number of carbonyl (C=O) groups excluding carboxylic acids is 2. The van der Waals surface area contributed by atoms with Crippen molar-refractivity contribution in [3.05, 3.63) is 48.6 Å². The van der Waals surface area contributed by atoms with E-state index in [1.54, 1.807) is 6.08 Å². The molecule has 0 fully saturated rings. The molecule has 344 valence electrons. The van der Waals surface area contributed by atoms with E-state index in [4.69, 9.17) is 4.74 Å². The summed E-state index contributed by atoms with van der Waals surface area (Å²) in [5, 5.41) is 22.9. The number of unbranched alkanes of at least 4 members (excludes halogenated alkanes) is 29. The highest BCUT2D eigenvalue weighted by molar-refractivity contribution is 5.76. The van der Waals surface area contributed by atoms with Crippen molar-refractivity contribution in [1.29, 1.82) is 0 Å². The van der Waals surface area contributed by atoms with E-state index in [0.717, 1.165) is 51.4 Å². The lowest BCUT2D eigenvalue weighted by atomic mass is 10.0. The first-order valence-corrected chi connectivity index (χ1v) is 25.4. The fourth-order valence-corrected chi connectivity index (χ4v) is 7.41. The zero-order valence-corrected chi connectivity index (χ0v) is 39.0. The van der Waals surface area contributed by atoms with Crippen LogP contribution in [0.15, 0.2) is 48.6 Å². The molecule has 6 heteroatoms. The van der Waals surface area contributed by atoms with Gasteiger partial charge in [-0.2, -0.15) is 0 Å². The molecule has 0 aliphatic heterocycles. The third-order valence-electron chi connectivity index (χ3n) is 11.3. The zero-order valence-electron chi connectivity index (χ0n) is 39.0. The number of hydrogen-bond donors (Lipinski definition) is 3. The van der Waals surface area contributed by atoms with Crippen molar-refractivity contribution in [2.45, 2.75) is 264 Å². The molecule has 0 aromatic rings. The molecule has 0 radical (unpaired) electrons. The standard InChI is InChI=1S/C53H97NO5/c1-3-5-7-9-11-13-14-27-31-35-39-43-47-53(58)59-48-44-40-36-32-28-25-23-21-19-17-15-16-18-20-22-24-26-30-34-38-42-46-52(57)54-50(49-55)51(56)45-41-37-33-29-12-10-8-6-4-2/h11,13,25,28,36,40-41,45,50-51,55-56H,3-10,12,14-24,26-27,29-35,37-39,42-44,46-49H2,1-2H3,(H,54,57)/b13-11-,28-25-,40-36-,45-41+. The van der Waals surface area contributed by atoms with Gasteiger partial charge in [-0.1, -0.05) is 210 Å². The second-order valence-corrected chi connectivity index (χ2v) is 17.1. The molecule has 1 amide bonds. The van der Waals surface area contributed by atoms with Gasteiger partial charge in [-0.3, -0.25) is 9.59 Å². The molecule has 2 atom stereocenters. The highest BCUT2D eigenvalue weighted by Gasteiger charge is 2.18. The minimum atomic E-state index is -0.846. The summed E-state index contributed by atoms with van der Waals surface area (Å²) >= 11 is 0. The summed E-state index contributed by atoms with van der Waals surface area (Å²) in [6.45, 7) is 4.72. The number of nitrogens with one attached hydrogen (secondary N) is 1. The fraction of sp³-hybridized carbons (Fsp3) is 0.811. The molecule has 0 spiro atoms. The van der Waals surface area contributed by atoms with Crippen molar-refractivity contribution in [3.63, 3.8) is 0 Å². The van der Waals surface area contributed by atoms with E-state index >= 15 is 0 Å². The molecule has 2 unspecified atom stereocenters. The van der Waals surface area contributed by atoms with Crippen LogP contribution in [0.2, 0.25) is 0 Å². The number of ether oxygens (including phenoxy) is 1. The number of aliphatic hydroxyl groups excluding tert-OH is 2. The van der Waals surface area contributed by atoms with Crippen LogP contribution in [0.25, 0.3) is 0 Å². The molecular weight excluding hydrogens is 731 g/mol. The van der Waals surface area contributed by atoms with E-state index in [1.807, 2.05) is 6.08 Å². The maximum absolute atomic E-state index is 12.4. The predicted molar refractivity (Wildman–Crippen MR) is 255 cm³/mol. The van der Waals surface area contributed by atoms with E-state index in [0.29, 0.717) is 19.4 Å². The van der Waals surface area contributed by atoms with E-state index in [9.17, 15) is 19.8 Å². The number of aliphatic hydroxyl groups is 2. The molecule has 0 saturated heterocycles. The lowest BCUT2D eigenvalue weighted by Gasteiger charge is -2.20. The van der Waals surface area contributed by atoms with Gasteiger partial charge in [-0.15, -0.1) is 0 Å². The van der Waals surface area contributed by atoms with Crippen molar-refractivity contribution in [3.8, 4) is 0 Å². The Labute approximate surface area is 366 Å². The van der Waals surface area contributed by atoms with Gasteiger partial charge in [0.15, 0.2) is 0 Å². The van der Waals surface area contributed by atoms with E-state index in [-0.39, 0.29) is 18.5 Å². The summed E-state index contributed by atoms with van der Waals surface area (Å²) in [4.78, 5) is 24.3. The summed E-state index contributed by atoms with van der Waals surface area (Å²) < 4.78 is 5.39. The number of hydrogen-bond acceptors (Lipinski definition) is 5. The van der Waals surface area contributed by atoms with E-state index < -0.39 is 12.1 Å². The molecule has 0 aliphatic carbocycles. The molecule has 3 N–H and O–H groups in total. The summed E-state index contributed by atoms with van der Waals surface area (Å²) in [6.07, 6.45) is 59.9. The van der Waals surface area contributed by atoms with Crippen LogP contribution in [0.5, 0.6) is 0 Å². The molecule has 0 aromatic carbocycles. The number of esters is 1. The van der Waals surface area contributed by atoms with Crippen molar-refractivity contribution in [2.75, 3.05) is 13.2 Å². The van der Waals surface area contributed by atoms with Gasteiger partial charge >= 0.3 is 5.97 Å². The SMILES string of the molecule is CCCCC/C=C\CCCCCCCC(=O)OCC/C=C\C/C=C\CCCCCCCCCCCCCCCCC(=O)NC(CO)C(O)/C=C/CCCCCCCCC. The van der Waals surface area contributed by atoms with Crippen LogP contribution >= 0.6 is 0 Å². The molecule has 0 saturated carbocycles. The monoisotopic (exact) mass is 828 g/mol. The highest BCUT2D eigenvalue weighted by atomic mass is 16.5. The lowest BCUT2D eigenvalue weighted by molar-refractivity contribution is -0.143. The zero-order chi connectivity index (χ0) is 43.0. The Balaban J connectivity index is 3.47. The second kappa shape index (κ2) is 48.5. The van der Waals surface area contributed by atoms with Gasteiger partial charge in [-0.25, -0.2) is 0 Å². The second-order valence-electron chi connectivity index (χ2n) is 17.1. The van der Waals surface area contributed by atoms with Crippen molar-refractivity contribution < 1.29 is 24.5 Å². The molecule has 0 bridgehead atoms. The van der Waals surface area contributed by atoms with Crippen LogP contribution in [0.4, 0.5) is 0 Å². The van der Waals surface area contributed by atoms with E-state index in [2.05, 4.69) is 55.6 Å². The Bertz CT molecular complexity index is 1000. The van der Waals surface area contributed by atoms with Crippen LogP contribution in [-0.2, 0) is 14.3 Å². The number of amides is 1. The third kappa shape index (κ3) is 45.2. The smallest absolute Gasteiger partial charge is 0.305 e. The van der Waals surface area contributed by atoms with Crippen LogP contribution in [0, 0.1) is 0 Å². The molecule has 6 nitrogen and oxygen atoms in total. The fourth-order valence-electron chi connectivity index (χ4n) is 7.41. The van der Waals surface area contributed by atoms with Crippen LogP contribution < -0.4 is 5.32 Å². The molecule has 0 aromatic heterocycles. The molecule has 0 aliphatic rings. The van der Waals surface area contributed by atoms with Gasteiger partial charge < -0.3 is 20.3 Å².